The SMILES string of the molecule is [B-]c1ccc([Si](C)(C)C[CH2-])cc1.[Rf].[Rf].[Rf].[Rf].[Rf].[Rf]. The normalized spacial score (nSPS) is 7.78. The maximum absolute atomic E-state index is 5.61. The van der Waals surface area contributed by atoms with Crippen LogP contribution in [0.25, 0.3) is 0 Å². The number of hydrogen-bond donors (Lipinski definition) is 0. The van der Waals surface area contributed by atoms with Crippen LogP contribution < -0.4 is 10.6 Å². The fraction of sp³-hybridized carbons (Fsp3) is 0.300. The Labute approximate surface area is 77.4 Å². The first kappa shape index (κ1) is 41.9. The summed E-state index contributed by atoms with van der Waals surface area (Å²) in [6.07, 6.45) is 0. The topological polar surface area (TPSA) is 0 Å². The van der Waals surface area contributed by atoms with E-state index in [1.807, 2.05) is 12.1 Å². The van der Waals surface area contributed by atoms with Gasteiger partial charge in [-0.2, -0.15) is 6.04 Å². The van der Waals surface area contributed by atoms with Crippen LogP contribution in [0.3, 0.4) is 0 Å². The van der Waals surface area contributed by atoms with Crippen LogP contribution in [0.4, 0.5) is 0 Å². The molecule has 0 atom stereocenters. The zero-order chi connectivity index (χ0) is 9.19. The molecule has 0 aromatic heterocycles. The Morgan fingerprint density at radius 3 is 1.50 bits per heavy atom. The van der Waals surface area contributed by atoms with Gasteiger partial charge >= 0.3 is 0 Å². The maximum atomic E-state index is 5.61. The van der Waals surface area contributed by atoms with Crippen LogP contribution in [0.5, 0.6) is 0 Å². The summed E-state index contributed by atoms with van der Waals surface area (Å²) in [5.74, 6) is 0. The molecule has 0 heterocycles. The Hall–Kier alpha value is -6.50. The molecule has 75 valence electrons. The van der Waals surface area contributed by atoms with Gasteiger partial charge in [0.25, 0.3) is 0 Å². The molecule has 3 radical (unpaired) electrons. The molecule has 0 saturated heterocycles. The fourth-order valence-corrected chi connectivity index (χ4v) is 2.44. The van der Waals surface area contributed by atoms with Gasteiger partial charge in [0.05, 0.1) is 8.07 Å². The number of benzene rings is 1. The second kappa shape index (κ2) is 8.60. The molecule has 0 saturated carbocycles. The first-order valence-corrected chi connectivity index (χ1v) is 7.42. The van der Waals surface area contributed by atoms with E-state index in [9.17, 15) is 0 Å². The summed E-state index contributed by atoms with van der Waals surface area (Å²) in [6, 6.07) is 9.25. The summed E-state index contributed by atoms with van der Waals surface area (Å²) in [5.41, 5.74) is 0.840. The van der Waals surface area contributed by atoms with Gasteiger partial charge in [0, 0.05) is 0 Å². The molecule has 1 aromatic carbocycles. The summed E-state index contributed by atoms with van der Waals surface area (Å²) >= 11 is 0. The largest absolute Gasteiger partial charge is 0.580 e. The zero-order valence-corrected chi connectivity index (χ0v) is 51.4. The predicted octanol–water partition coefficient (Wildman–Crippen LogP) is 1.23. The number of rotatable bonds is 2. The molecule has 0 aliphatic heterocycles. The first-order valence-electron chi connectivity index (χ1n) is 4.21. The molecule has 0 fully saturated rings. The van der Waals surface area contributed by atoms with Crippen molar-refractivity contribution in [1.82, 2.24) is 0 Å². The Balaban J connectivity index is -0.0000000600. The van der Waals surface area contributed by atoms with Crippen molar-refractivity contribution in [2.45, 2.75) is 19.1 Å². The van der Waals surface area contributed by atoms with Crippen molar-refractivity contribution >= 4 is 26.6 Å². The van der Waals surface area contributed by atoms with Crippen molar-refractivity contribution in [2.24, 2.45) is 0 Å². The van der Waals surface area contributed by atoms with Crippen molar-refractivity contribution < 1.29 is 0 Å². The molecule has 8 heteroatoms. The number of hydrogen-bond acceptors (Lipinski definition) is 0. The predicted molar refractivity (Wildman–Crippen MR) is 59.1 cm³/mol. The van der Waals surface area contributed by atoms with Crippen molar-refractivity contribution in [3.8, 4) is 0 Å². The van der Waals surface area contributed by atoms with Gasteiger partial charge in [-0.05, 0) is 0 Å². The van der Waals surface area contributed by atoms with Gasteiger partial charge in [-0.1, -0.05) is 30.4 Å². The van der Waals surface area contributed by atoms with Crippen LogP contribution in [-0.4, -0.2) is 15.9 Å². The Morgan fingerprint density at radius 1 is 0.889 bits per heavy atom. The maximum Gasteiger partial charge on any atom is 0.0515 e. The molecular formula is C10H14BRf6Si-2. The van der Waals surface area contributed by atoms with Gasteiger partial charge in [0.1, 0.15) is 0 Å². The summed E-state index contributed by atoms with van der Waals surface area (Å²) in [7, 11) is 4.37. The van der Waals surface area contributed by atoms with Crippen molar-refractivity contribution in [1.29, 1.82) is 0 Å². The summed E-state index contributed by atoms with van der Waals surface area (Å²) in [6.45, 7) is 8.64. The van der Waals surface area contributed by atoms with E-state index < -0.39 is 8.07 Å². The monoisotopic (exact) mass is 1780 g/mol. The van der Waals surface area contributed by atoms with E-state index in [0.717, 1.165) is 11.5 Å². The van der Waals surface area contributed by atoms with E-state index in [-0.39, 0.29) is 0 Å². The smallest absolute Gasteiger partial charge is 0.0515 e. The van der Waals surface area contributed by atoms with E-state index in [4.69, 9.17) is 7.85 Å². The molecule has 1 aromatic rings. The fourth-order valence-electron chi connectivity index (χ4n) is 1.08. The molecule has 0 amide bonds. The van der Waals surface area contributed by atoms with Crippen LogP contribution in [0, 0.1) is 6.92 Å². The zero-order valence-electron chi connectivity index (χ0n) is 12.0. The van der Waals surface area contributed by atoms with Gasteiger partial charge in [0.15, 0.2) is 0 Å². The van der Waals surface area contributed by atoms with Crippen molar-refractivity contribution in [3.05, 3.63) is 31.2 Å². The second-order valence-electron chi connectivity index (χ2n) is 3.76. The summed E-state index contributed by atoms with van der Waals surface area (Å²) in [5, 5.41) is 1.44. The Bertz CT molecular complexity index is 268. The quantitative estimate of drug-likeness (QED) is 0.310. The van der Waals surface area contributed by atoms with Gasteiger partial charge in [0.2, 0.25) is 0 Å². The molecule has 0 aliphatic carbocycles. The van der Waals surface area contributed by atoms with Crippen LogP contribution >= 0.6 is 0 Å². The average molecular weight is 1780 g/mol. The van der Waals surface area contributed by atoms with E-state index in [1.165, 1.54) is 5.19 Å². The molecular weight excluding hydrogens is 1760 g/mol. The van der Waals surface area contributed by atoms with Crippen molar-refractivity contribution in [2.75, 3.05) is 0 Å². The van der Waals surface area contributed by atoms with Crippen molar-refractivity contribution in [3.63, 3.8) is 0 Å². The van der Waals surface area contributed by atoms with E-state index in [0.29, 0.717) is 0 Å². The molecule has 0 unspecified atom stereocenters. The summed E-state index contributed by atoms with van der Waals surface area (Å²) < 4.78 is 0. The van der Waals surface area contributed by atoms with E-state index >= 15 is 0 Å². The third-order valence-corrected chi connectivity index (χ3v) is 5.46. The van der Waals surface area contributed by atoms with Gasteiger partial charge in [-0.15, -0.1) is 12.1 Å². The minimum Gasteiger partial charge on any atom is -0.580 e. The standard InChI is InChI=1S/C10H14BSi.6Rf/c1-4-12(2,3)10-7-5-9(11)6-8-10;;;;;;/h5-8H,1,4H2,2-3H3;;;;;;/q-2;;;;;;. The Kier molecular flexibility index (Phi) is 20.0. The van der Waals surface area contributed by atoms with Gasteiger partial charge in [-0.3, -0.25) is 0 Å². The van der Waals surface area contributed by atoms with E-state index in [1.54, 1.807) is 0 Å². The third-order valence-electron chi connectivity index (χ3n) is 2.32. The molecule has 0 nitrogen and oxygen atoms in total. The van der Waals surface area contributed by atoms with Crippen LogP contribution in [-0.2, 0) is 0 Å². The second-order valence-corrected chi connectivity index (χ2v) is 8.60. The van der Waals surface area contributed by atoms with Crippen LogP contribution in [0.1, 0.15) is 0 Å². The van der Waals surface area contributed by atoms with Gasteiger partial charge < -0.3 is 20.2 Å². The molecule has 0 spiro atoms. The Morgan fingerprint density at radius 2 is 1.22 bits per heavy atom. The van der Waals surface area contributed by atoms with Crippen LogP contribution in [0.2, 0.25) is 19.1 Å². The third kappa shape index (κ3) is 4.39. The summed E-state index contributed by atoms with van der Waals surface area (Å²) in [4.78, 5) is 0. The molecule has 0 aliphatic rings. The average Bonchev–Trinajstić information content (AvgIpc) is 2.05. The minimum absolute atomic E-state index is 0. The molecule has 1 rings (SSSR count). The minimum atomic E-state index is -1.24. The molecule has 0 bridgehead atoms. The molecule has 0 N–H and O–H groups in total. The van der Waals surface area contributed by atoms with Crippen LogP contribution in [0.15, 0.2) is 24.3 Å². The van der Waals surface area contributed by atoms with E-state index in [2.05, 4.69) is 32.2 Å². The van der Waals surface area contributed by atoms with Gasteiger partial charge in [-0.25, -0.2) is 0 Å². The first-order chi connectivity index (χ1) is 5.56. The molecule has 18 heavy (non-hydrogen) atoms.